The van der Waals surface area contributed by atoms with Crippen LogP contribution in [0.5, 0.6) is 0 Å². The molecule has 1 fully saturated rings. The van der Waals surface area contributed by atoms with Crippen molar-refractivity contribution in [2.45, 2.75) is 144 Å². The molecule has 0 spiro atoms. The topological polar surface area (TPSA) is 213 Å². The number of carbonyl (C=O) groups excluding carboxylic acids is 5. The van der Waals surface area contributed by atoms with Crippen molar-refractivity contribution in [3.63, 3.8) is 0 Å². The third-order valence-electron chi connectivity index (χ3n) is 12.0. The molecule has 4 amide bonds. The Bertz CT molecular complexity index is 1780. The summed E-state index contributed by atoms with van der Waals surface area (Å²) in [6, 6.07) is 6.50. The molecule has 1 aliphatic rings. The average Bonchev–Trinajstić information content (AvgIpc) is 3.68. The van der Waals surface area contributed by atoms with E-state index < -0.39 is 47.2 Å². The molecule has 15 nitrogen and oxygen atoms in total. The number of esters is 1. The van der Waals surface area contributed by atoms with Gasteiger partial charge in [-0.2, -0.15) is 0 Å². The predicted octanol–water partition coefficient (Wildman–Crippen LogP) is 6.99. The predicted molar refractivity (Wildman–Crippen MR) is 243 cm³/mol. The lowest BCUT2D eigenvalue weighted by atomic mass is 9.80. The van der Waals surface area contributed by atoms with Gasteiger partial charge in [-0.05, 0) is 95.5 Å². The highest BCUT2D eigenvalue weighted by Crippen LogP contribution is 2.35. The van der Waals surface area contributed by atoms with Gasteiger partial charge in [-0.25, -0.2) is 4.98 Å². The molecule has 6 N–H and O–H groups in total. The maximum atomic E-state index is 14.9. The zero-order chi connectivity index (χ0) is 46.1. The molecule has 1 saturated heterocycles. The van der Waals surface area contributed by atoms with Crippen molar-refractivity contribution in [2.24, 2.45) is 34.8 Å². The standard InChI is InChI=1S/C46H73N7O8S/c1-10-12-13-15-23-53(44(58)40(30(5)11-2)42(57)51-38-17-14-16-22-52(38)9)35(29(3)4)25-36(61-31(6)54)43-50-37(28-62-43)49-41(56)33(26-46(7,8)45(59)60)24-32-18-20-34(21-19-32)48-39(55)27-47/h18-21,28-30,33,35-36,38,40H,10-17,22-27,47H2,1-9H3,(H,48,55)(H,49,56)(H,51,57)(H,59,60)/t30-,33-,35+,36+,38+,40-/m0/s1. The van der Waals surface area contributed by atoms with Crippen LogP contribution in [0.4, 0.5) is 11.5 Å². The quantitative estimate of drug-likeness (QED) is 0.0390. The molecule has 0 saturated carbocycles. The molecule has 3 rings (SSSR count). The number of hydrogen-bond donors (Lipinski definition) is 5. The second kappa shape index (κ2) is 25.0. The second-order valence-electron chi connectivity index (χ2n) is 17.9. The van der Waals surface area contributed by atoms with Crippen LogP contribution >= 0.6 is 11.3 Å². The first-order valence-electron chi connectivity index (χ1n) is 22.4. The number of carboxylic acid groups (broad SMARTS) is 1. The van der Waals surface area contributed by atoms with Crippen LogP contribution in [-0.2, 0) is 39.9 Å². The molecule has 62 heavy (non-hydrogen) atoms. The van der Waals surface area contributed by atoms with Crippen LogP contribution in [0.3, 0.4) is 0 Å². The molecule has 1 aromatic heterocycles. The van der Waals surface area contributed by atoms with E-state index in [-0.39, 0.29) is 67.3 Å². The van der Waals surface area contributed by atoms with Gasteiger partial charge in [-0.1, -0.05) is 72.4 Å². The number of thiazole rings is 1. The number of nitrogens with two attached hydrogens (primary N) is 1. The molecule has 0 unspecified atom stereocenters. The summed E-state index contributed by atoms with van der Waals surface area (Å²) in [5.41, 5.74) is 5.49. The highest BCUT2D eigenvalue weighted by molar-refractivity contribution is 7.10. The normalized spacial score (nSPS) is 17.0. The Hall–Kier alpha value is -4.41. The van der Waals surface area contributed by atoms with Gasteiger partial charge in [0.15, 0.2) is 6.10 Å². The Labute approximate surface area is 372 Å². The van der Waals surface area contributed by atoms with Gasteiger partial charge in [0, 0.05) is 42.9 Å². The molecule has 2 aromatic rings. The second-order valence-corrected chi connectivity index (χ2v) is 18.8. The summed E-state index contributed by atoms with van der Waals surface area (Å²) in [5.74, 6) is -4.60. The lowest BCUT2D eigenvalue weighted by molar-refractivity contribution is -0.151. The molecule has 1 aliphatic heterocycles. The van der Waals surface area contributed by atoms with Gasteiger partial charge < -0.3 is 36.4 Å². The molecule has 346 valence electrons. The number of carboxylic acids is 1. The van der Waals surface area contributed by atoms with Crippen LogP contribution in [-0.4, -0.2) is 94.3 Å². The molecule has 2 heterocycles. The fraction of sp³-hybridized carbons (Fsp3) is 0.674. The van der Waals surface area contributed by atoms with E-state index >= 15 is 0 Å². The highest BCUT2D eigenvalue weighted by Gasteiger charge is 2.41. The van der Waals surface area contributed by atoms with Crippen LogP contribution in [0.25, 0.3) is 0 Å². The molecule has 6 atom stereocenters. The number of unbranched alkanes of at least 4 members (excludes halogenated alkanes) is 3. The Balaban J connectivity index is 1.94. The molecule has 16 heteroatoms. The fourth-order valence-electron chi connectivity index (χ4n) is 7.97. The van der Waals surface area contributed by atoms with E-state index in [1.54, 1.807) is 43.5 Å². The van der Waals surface area contributed by atoms with Crippen molar-refractivity contribution in [1.29, 1.82) is 0 Å². The number of hydrogen-bond acceptors (Lipinski definition) is 11. The molecular weight excluding hydrogens is 811 g/mol. The maximum absolute atomic E-state index is 14.9. The van der Waals surface area contributed by atoms with Gasteiger partial charge in [-0.15, -0.1) is 11.3 Å². The number of aromatic nitrogens is 1. The number of anilines is 2. The summed E-state index contributed by atoms with van der Waals surface area (Å²) in [4.78, 5) is 88.3. The first kappa shape index (κ1) is 51.9. The van der Waals surface area contributed by atoms with E-state index in [1.807, 2.05) is 39.6 Å². The number of benzene rings is 1. The van der Waals surface area contributed by atoms with Gasteiger partial charge in [0.1, 0.15) is 16.7 Å². The summed E-state index contributed by atoms with van der Waals surface area (Å²) in [6.07, 6.45) is 6.70. The number of carbonyl (C=O) groups is 6. The van der Waals surface area contributed by atoms with Crippen molar-refractivity contribution < 1.29 is 38.6 Å². The number of nitrogens with zero attached hydrogens (tertiary/aromatic N) is 3. The Morgan fingerprint density at radius 3 is 2.29 bits per heavy atom. The summed E-state index contributed by atoms with van der Waals surface area (Å²) >= 11 is 1.21. The molecular formula is C46H73N7O8S. The van der Waals surface area contributed by atoms with E-state index in [4.69, 9.17) is 15.5 Å². The molecule has 1 aromatic carbocycles. The SMILES string of the molecule is CCCCCCN(C(=O)[C@H](C(=O)N[C@H]1CCCCN1C)[C@@H](C)CC)[C@H](C[C@@H](OC(C)=O)c1nc(NC(=O)[C@@H](Cc2ccc(NC(=O)CN)cc2)CC(C)(C)C(=O)O)cs1)C(C)C. The Kier molecular flexibility index (Phi) is 21.0. The number of rotatable bonds is 25. The first-order valence-corrected chi connectivity index (χ1v) is 23.3. The van der Waals surface area contributed by atoms with Crippen LogP contribution < -0.4 is 21.7 Å². The Morgan fingerprint density at radius 2 is 1.71 bits per heavy atom. The van der Waals surface area contributed by atoms with E-state index in [0.29, 0.717) is 23.7 Å². The third-order valence-corrected chi connectivity index (χ3v) is 12.9. The average molecular weight is 884 g/mol. The number of aliphatic carboxylic acids is 1. The Morgan fingerprint density at radius 1 is 1.02 bits per heavy atom. The van der Waals surface area contributed by atoms with Crippen LogP contribution in [0.1, 0.15) is 136 Å². The zero-order valence-electron chi connectivity index (χ0n) is 38.5. The number of ether oxygens (including phenoxy) is 1. The minimum absolute atomic E-state index is 0.0259. The summed E-state index contributed by atoms with van der Waals surface area (Å²) in [7, 11) is 2.00. The van der Waals surface area contributed by atoms with E-state index in [9.17, 15) is 33.9 Å². The summed E-state index contributed by atoms with van der Waals surface area (Å²) < 4.78 is 5.93. The van der Waals surface area contributed by atoms with Gasteiger partial charge in [-0.3, -0.25) is 33.7 Å². The molecule has 0 bridgehead atoms. The van der Waals surface area contributed by atoms with Crippen molar-refractivity contribution >= 4 is 58.4 Å². The smallest absolute Gasteiger partial charge is 0.309 e. The van der Waals surface area contributed by atoms with Crippen molar-refractivity contribution in [3.8, 4) is 0 Å². The van der Waals surface area contributed by atoms with Gasteiger partial charge in [0.2, 0.25) is 23.6 Å². The third kappa shape index (κ3) is 15.7. The number of likely N-dealkylation sites (tertiary alicyclic amines) is 1. The summed E-state index contributed by atoms with van der Waals surface area (Å²) in [6.45, 7) is 15.7. The zero-order valence-corrected chi connectivity index (χ0v) is 39.3. The van der Waals surface area contributed by atoms with Crippen molar-refractivity contribution in [2.75, 3.05) is 37.3 Å². The monoisotopic (exact) mass is 884 g/mol. The minimum Gasteiger partial charge on any atom is -0.481 e. The van der Waals surface area contributed by atoms with Crippen LogP contribution in [0.2, 0.25) is 0 Å². The minimum atomic E-state index is -1.22. The largest absolute Gasteiger partial charge is 0.481 e. The van der Waals surface area contributed by atoms with E-state index in [0.717, 1.165) is 57.1 Å². The van der Waals surface area contributed by atoms with Gasteiger partial charge in [0.05, 0.1) is 18.1 Å². The van der Waals surface area contributed by atoms with Crippen LogP contribution in [0, 0.1) is 29.1 Å². The van der Waals surface area contributed by atoms with E-state index in [1.165, 1.54) is 18.3 Å². The first-order chi connectivity index (χ1) is 29.3. The van der Waals surface area contributed by atoms with Crippen LogP contribution in [0.15, 0.2) is 29.6 Å². The lowest BCUT2D eigenvalue weighted by Crippen LogP contribution is -2.56. The number of nitrogens with one attached hydrogen (secondary N) is 3. The molecule has 0 aliphatic carbocycles. The number of amides is 4. The van der Waals surface area contributed by atoms with E-state index in [2.05, 4.69) is 27.8 Å². The molecule has 0 radical (unpaired) electrons. The van der Waals surface area contributed by atoms with Gasteiger partial charge >= 0.3 is 11.9 Å². The maximum Gasteiger partial charge on any atom is 0.309 e. The summed E-state index contributed by atoms with van der Waals surface area (Å²) in [5, 5.41) is 20.8. The number of piperidine rings is 1. The van der Waals surface area contributed by atoms with Crippen molar-refractivity contribution in [3.05, 3.63) is 40.2 Å². The lowest BCUT2D eigenvalue weighted by Gasteiger charge is -2.40. The van der Waals surface area contributed by atoms with Gasteiger partial charge in [0.25, 0.3) is 0 Å². The van der Waals surface area contributed by atoms with Crippen molar-refractivity contribution in [1.82, 2.24) is 20.1 Å². The highest BCUT2D eigenvalue weighted by atomic mass is 32.1. The fourth-order valence-corrected chi connectivity index (χ4v) is 8.76.